The van der Waals surface area contributed by atoms with Crippen molar-refractivity contribution in [3.63, 3.8) is 0 Å². The lowest BCUT2D eigenvalue weighted by Crippen LogP contribution is -2.30. The van der Waals surface area contributed by atoms with Gasteiger partial charge in [-0.3, -0.25) is 4.98 Å². The SMILES string of the molecule is CC[C@@H](NC(=O)Oc1ccccc1)c1ccc(C)nc1. The predicted octanol–water partition coefficient (Wildman–Crippen LogP) is 3.63. The summed E-state index contributed by atoms with van der Waals surface area (Å²) in [5.41, 5.74) is 1.93. The van der Waals surface area contributed by atoms with Crippen LogP contribution in [0.2, 0.25) is 0 Å². The number of aromatic nitrogens is 1. The first-order valence-electron chi connectivity index (χ1n) is 6.65. The number of nitrogens with zero attached hydrogens (tertiary/aromatic N) is 1. The maximum absolute atomic E-state index is 11.9. The average Bonchev–Trinajstić information content (AvgIpc) is 2.47. The van der Waals surface area contributed by atoms with Crippen LogP contribution >= 0.6 is 0 Å². The van der Waals surface area contributed by atoms with Gasteiger partial charge < -0.3 is 10.1 Å². The van der Waals surface area contributed by atoms with E-state index in [0.29, 0.717) is 5.75 Å². The molecule has 1 heterocycles. The molecule has 0 fully saturated rings. The molecular weight excluding hydrogens is 252 g/mol. The van der Waals surface area contributed by atoms with Crippen molar-refractivity contribution >= 4 is 6.09 Å². The molecule has 1 N–H and O–H groups in total. The van der Waals surface area contributed by atoms with Gasteiger partial charge in [-0.1, -0.05) is 31.2 Å². The number of hydrogen-bond acceptors (Lipinski definition) is 3. The molecule has 104 valence electrons. The highest BCUT2D eigenvalue weighted by Crippen LogP contribution is 2.16. The summed E-state index contributed by atoms with van der Waals surface area (Å²) < 4.78 is 5.22. The molecule has 2 rings (SSSR count). The Morgan fingerprint density at radius 2 is 2.00 bits per heavy atom. The van der Waals surface area contributed by atoms with E-state index in [1.807, 2.05) is 44.2 Å². The molecule has 1 aromatic heterocycles. The number of carbonyl (C=O) groups is 1. The van der Waals surface area contributed by atoms with Crippen LogP contribution in [-0.2, 0) is 0 Å². The van der Waals surface area contributed by atoms with E-state index in [9.17, 15) is 4.79 Å². The smallest absolute Gasteiger partial charge is 0.410 e. The number of para-hydroxylation sites is 1. The minimum absolute atomic E-state index is 0.0979. The van der Waals surface area contributed by atoms with Gasteiger partial charge in [-0.2, -0.15) is 0 Å². The Morgan fingerprint density at radius 3 is 2.60 bits per heavy atom. The summed E-state index contributed by atoms with van der Waals surface area (Å²) in [6, 6.07) is 12.8. The van der Waals surface area contributed by atoms with Gasteiger partial charge in [0.2, 0.25) is 0 Å². The normalized spacial score (nSPS) is 11.7. The summed E-state index contributed by atoms with van der Waals surface area (Å²) in [4.78, 5) is 16.1. The van der Waals surface area contributed by atoms with E-state index in [1.54, 1.807) is 18.3 Å². The lowest BCUT2D eigenvalue weighted by atomic mass is 10.1. The van der Waals surface area contributed by atoms with Gasteiger partial charge in [0.15, 0.2) is 0 Å². The Morgan fingerprint density at radius 1 is 1.25 bits per heavy atom. The van der Waals surface area contributed by atoms with Gasteiger partial charge in [0.05, 0.1) is 6.04 Å². The summed E-state index contributed by atoms with van der Waals surface area (Å²) in [7, 11) is 0. The van der Waals surface area contributed by atoms with Crippen LogP contribution in [-0.4, -0.2) is 11.1 Å². The molecule has 4 nitrogen and oxygen atoms in total. The molecule has 4 heteroatoms. The fourth-order valence-corrected chi connectivity index (χ4v) is 1.87. The number of hydrogen-bond donors (Lipinski definition) is 1. The molecule has 0 aliphatic carbocycles. The summed E-state index contributed by atoms with van der Waals surface area (Å²) in [6.45, 7) is 3.94. The number of ether oxygens (including phenoxy) is 1. The van der Waals surface area contributed by atoms with E-state index in [-0.39, 0.29) is 6.04 Å². The largest absolute Gasteiger partial charge is 0.413 e. The Kier molecular flexibility index (Phi) is 4.71. The first-order chi connectivity index (χ1) is 9.69. The van der Waals surface area contributed by atoms with Crippen LogP contribution < -0.4 is 10.1 Å². The topological polar surface area (TPSA) is 51.2 Å². The first kappa shape index (κ1) is 14.1. The Labute approximate surface area is 118 Å². The quantitative estimate of drug-likeness (QED) is 0.923. The minimum atomic E-state index is -0.455. The van der Waals surface area contributed by atoms with Crippen LogP contribution in [0.25, 0.3) is 0 Å². The second-order valence-corrected chi connectivity index (χ2v) is 4.54. The summed E-state index contributed by atoms with van der Waals surface area (Å²) >= 11 is 0. The molecule has 1 atom stereocenters. The number of aryl methyl sites for hydroxylation is 1. The van der Waals surface area contributed by atoms with E-state index in [1.165, 1.54) is 0 Å². The molecule has 0 bridgehead atoms. The molecule has 0 radical (unpaired) electrons. The van der Waals surface area contributed by atoms with Gasteiger partial charge in [-0.25, -0.2) is 4.79 Å². The summed E-state index contributed by atoms with van der Waals surface area (Å²) in [6.07, 6.45) is 2.10. The van der Waals surface area contributed by atoms with Crippen molar-refractivity contribution in [2.75, 3.05) is 0 Å². The van der Waals surface area contributed by atoms with Crippen LogP contribution in [0, 0.1) is 6.92 Å². The molecule has 0 unspecified atom stereocenters. The Hall–Kier alpha value is -2.36. The number of carbonyl (C=O) groups excluding carboxylic acids is 1. The highest BCUT2D eigenvalue weighted by Gasteiger charge is 2.14. The number of benzene rings is 1. The molecule has 0 aliphatic rings. The number of rotatable bonds is 4. The zero-order valence-corrected chi connectivity index (χ0v) is 11.7. The van der Waals surface area contributed by atoms with Gasteiger partial charge in [-0.05, 0) is 37.1 Å². The molecule has 0 saturated carbocycles. The highest BCUT2D eigenvalue weighted by molar-refractivity contribution is 5.70. The summed E-state index contributed by atoms with van der Waals surface area (Å²) in [5, 5.41) is 2.85. The standard InChI is InChI=1S/C16H18N2O2/c1-3-15(13-10-9-12(2)17-11-13)18-16(19)20-14-7-5-4-6-8-14/h4-11,15H,3H2,1-2H3,(H,18,19)/t15-/m1/s1. The molecule has 0 saturated heterocycles. The molecule has 2 aromatic rings. The average molecular weight is 270 g/mol. The van der Waals surface area contributed by atoms with Crippen LogP contribution in [0.15, 0.2) is 48.7 Å². The van der Waals surface area contributed by atoms with Crippen molar-refractivity contribution in [3.8, 4) is 5.75 Å². The fraction of sp³-hybridized carbons (Fsp3) is 0.250. The van der Waals surface area contributed by atoms with E-state index in [4.69, 9.17) is 4.74 Å². The van der Waals surface area contributed by atoms with Crippen LogP contribution in [0.5, 0.6) is 5.75 Å². The Bertz CT molecular complexity index is 552. The van der Waals surface area contributed by atoms with Crippen molar-refractivity contribution in [1.82, 2.24) is 10.3 Å². The van der Waals surface area contributed by atoms with E-state index < -0.39 is 6.09 Å². The molecule has 20 heavy (non-hydrogen) atoms. The van der Waals surface area contributed by atoms with Crippen LogP contribution in [0.4, 0.5) is 4.79 Å². The second-order valence-electron chi connectivity index (χ2n) is 4.54. The van der Waals surface area contributed by atoms with Gasteiger partial charge in [0.25, 0.3) is 0 Å². The third-order valence-corrected chi connectivity index (χ3v) is 2.99. The maximum atomic E-state index is 11.9. The fourth-order valence-electron chi connectivity index (χ4n) is 1.87. The monoisotopic (exact) mass is 270 g/mol. The van der Waals surface area contributed by atoms with Crippen molar-refractivity contribution in [2.24, 2.45) is 0 Å². The zero-order valence-electron chi connectivity index (χ0n) is 11.7. The highest BCUT2D eigenvalue weighted by atomic mass is 16.6. The third kappa shape index (κ3) is 3.82. The maximum Gasteiger partial charge on any atom is 0.413 e. The summed E-state index contributed by atoms with van der Waals surface area (Å²) in [5.74, 6) is 0.530. The minimum Gasteiger partial charge on any atom is -0.410 e. The molecule has 1 amide bonds. The van der Waals surface area contributed by atoms with E-state index >= 15 is 0 Å². The molecular formula is C16H18N2O2. The Balaban J connectivity index is 1.99. The van der Waals surface area contributed by atoms with Crippen molar-refractivity contribution in [2.45, 2.75) is 26.3 Å². The predicted molar refractivity (Wildman–Crippen MR) is 77.6 cm³/mol. The van der Waals surface area contributed by atoms with Gasteiger partial charge in [0.1, 0.15) is 5.75 Å². The van der Waals surface area contributed by atoms with Gasteiger partial charge in [-0.15, -0.1) is 0 Å². The molecule has 1 aromatic carbocycles. The molecule has 0 aliphatic heterocycles. The van der Waals surface area contributed by atoms with E-state index in [0.717, 1.165) is 17.7 Å². The lowest BCUT2D eigenvalue weighted by molar-refractivity contribution is 0.195. The van der Waals surface area contributed by atoms with Crippen molar-refractivity contribution in [3.05, 3.63) is 59.9 Å². The first-order valence-corrected chi connectivity index (χ1v) is 6.65. The zero-order chi connectivity index (χ0) is 14.4. The van der Waals surface area contributed by atoms with Crippen molar-refractivity contribution < 1.29 is 9.53 Å². The number of amides is 1. The third-order valence-electron chi connectivity index (χ3n) is 2.99. The van der Waals surface area contributed by atoms with E-state index in [2.05, 4.69) is 10.3 Å². The lowest BCUT2D eigenvalue weighted by Gasteiger charge is -2.17. The number of nitrogens with one attached hydrogen (secondary N) is 1. The van der Waals surface area contributed by atoms with Crippen LogP contribution in [0.1, 0.15) is 30.6 Å². The van der Waals surface area contributed by atoms with Crippen LogP contribution in [0.3, 0.4) is 0 Å². The second kappa shape index (κ2) is 6.70. The van der Waals surface area contributed by atoms with Crippen molar-refractivity contribution in [1.29, 1.82) is 0 Å². The number of pyridine rings is 1. The van der Waals surface area contributed by atoms with Gasteiger partial charge >= 0.3 is 6.09 Å². The van der Waals surface area contributed by atoms with Gasteiger partial charge in [0, 0.05) is 11.9 Å². The molecule has 0 spiro atoms.